The fourth-order valence-corrected chi connectivity index (χ4v) is 1.98. The summed E-state index contributed by atoms with van der Waals surface area (Å²) in [5.74, 6) is 0. The first-order chi connectivity index (χ1) is 6.57. The van der Waals surface area contributed by atoms with Crippen LogP contribution in [0.2, 0.25) is 0 Å². The number of nitrogens with one attached hydrogen (secondary N) is 1. The maximum absolute atomic E-state index is 10.3. The molecule has 1 heterocycles. The van der Waals surface area contributed by atoms with Gasteiger partial charge < -0.3 is 15.3 Å². The van der Waals surface area contributed by atoms with Crippen molar-refractivity contribution in [3.05, 3.63) is 0 Å². The van der Waals surface area contributed by atoms with Crippen molar-refractivity contribution in [3.63, 3.8) is 0 Å². The van der Waals surface area contributed by atoms with Crippen molar-refractivity contribution < 1.29 is 5.11 Å². The summed E-state index contributed by atoms with van der Waals surface area (Å²) in [5.41, 5.74) is -0.455. The molecule has 84 valence electrons. The molecule has 1 atom stereocenters. The Hall–Kier alpha value is -0.120. The minimum absolute atomic E-state index is 0.455. The summed E-state index contributed by atoms with van der Waals surface area (Å²) in [5, 5.41) is 13.6. The molecular formula is C11H24N2O. The van der Waals surface area contributed by atoms with Crippen LogP contribution < -0.4 is 5.32 Å². The highest BCUT2D eigenvalue weighted by atomic mass is 16.3. The fraction of sp³-hybridized carbons (Fsp3) is 1.00. The molecular weight excluding hydrogens is 176 g/mol. The highest BCUT2D eigenvalue weighted by molar-refractivity contribution is 4.87. The van der Waals surface area contributed by atoms with E-state index in [1.54, 1.807) is 0 Å². The van der Waals surface area contributed by atoms with Gasteiger partial charge in [0.15, 0.2) is 0 Å². The minimum Gasteiger partial charge on any atom is -0.388 e. The van der Waals surface area contributed by atoms with E-state index in [2.05, 4.69) is 31.1 Å². The highest BCUT2D eigenvalue weighted by Crippen LogP contribution is 2.20. The molecule has 14 heavy (non-hydrogen) atoms. The second-order valence-electron chi connectivity index (χ2n) is 4.65. The molecule has 0 aromatic carbocycles. The standard InChI is InChI=1S/C11H24N2O/c1-4-10(2)13(3)9-11(14)5-7-12-8-6-11/h10,12,14H,4-9H2,1-3H3. The Balaban J connectivity index is 2.40. The largest absolute Gasteiger partial charge is 0.388 e. The molecule has 1 aliphatic rings. The van der Waals surface area contributed by atoms with E-state index in [4.69, 9.17) is 0 Å². The van der Waals surface area contributed by atoms with E-state index in [9.17, 15) is 5.11 Å². The summed E-state index contributed by atoms with van der Waals surface area (Å²) in [7, 11) is 2.11. The van der Waals surface area contributed by atoms with E-state index < -0.39 is 5.60 Å². The average molecular weight is 200 g/mol. The number of nitrogens with zero attached hydrogens (tertiary/aromatic N) is 1. The third kappa shape index (κ3) is 3.23. The van der Waals surface area contributed by atoms with Crippen LogP contribution in [0.5, 0.6) is 0 Å². The van der Waals surface area contributed by atoms with Gasteiger partial charge in [-0.3, -0.25) is 0 Å². The Morgan fingerprint density at radius 2 is 2.00 bits per heavy atom. The van der Waals surface area contributed by atoms with Gasteiger partial charge >= 0.3 is 0 Å². The SMILES string of the molecule is CCC(C)N(C)CC1(O)CCNCC1. The van der Waals surface area contributed by atoms with Gasteiger partial charge in [0.25, 0.3) is 0 Å². The van der Waals surface area contributed by atoms with E-state index in [1.807, 2.05) is 0 Å². The molecule has 0 radical (unpaired) electrons. The molecule has 0 aromatic rings. The van der Waals surface area contributed by atoms with Crippen molar-refractivity contribution in [3.8, 4) is 0 Å². The molecule has 2 N–H and O–H groups in total. The van der Waals surface area contributed by atoms with E-state index in [1.165, 1.54) is 0 Å². The Morgan fingerprint density at radius 1 is 1.43 bits per heavy atom. The van der Waals surface area contributed by atoms with E-state index >= 15 is 0 Å². The molecule has 1 unspecified atom stereocenters. The zero-order valence-electron chi connectivity index (χ0n) is 9.71. The van der Waals surface area contributed by atoms with Crippen LogP contribution in [0.15, 0.2) is 0 Å². The second-order valence-corrected chi connectivity index (χ2v) is 4.65. The van der Waals surface area contributed by atoms with E-state index in [-0.39, 0.29) is 0 Å². The topological polar surface area (TPSA) is 35.5 Å². The fourth-order valence-electron chi connectivity index (χ4n) is 1.98. The molecule has 1 saturated heterocycles. The number of hydrogen-bond acceptors (Lipinski definition) is 3. The van der Waals surface area contributed by atoms with Crippen LogP contribution in [0, 0.1) is 0 Å². The molecule has 0 bridgehead atoms. The third-order valence-electron chi connectivity index (χ3n) is 3.42. The quantitative estimate of drug-likeness (QED) is 0.705. The Labute approximate surface area is 87.5 Å². The highest BCUT2D eigenvalue weighted by Gasteiger charge is 2.30. The lowest BCUT2D eigenvalue weighted by Crippen LogP contribution is -2.50. The van der Waals surface area contributed by atoms with Gasteiger partial charge in [0.05, 0.1) is 5.60 Å². The van der Waals surface area contributed by atoms with Crippen molar-refractivity contribution in [2.24, 2.45) is 0 Å². The Bertz CT molecular complexity index is 167. The van der Waals surface area contributed by atoms with E-state index in [0.29, 0.717) is 6.04 Å². The monoisotopic (exact) mass is 200 g/mol. The summed E-state index contributed by atoms with van der Waals surface area (Å²) in [4.78, 5) is 2.27. The zero-order valence-corrected chi connectivity index (χ0v) is 9.71. The molecule has 1 aliphatic heterocycles. The van der Waals surface area contributed by atoms with Gasteiger partial charge in [0.1, 0.15) is 0 Å². The summed E-state index contributed by atoms with van der Waals surface area (Å²) in [6.45, 7) is 7.11. The van der Waals surface area contributed by atoms with Crippen LogP contribution in [-0.4, -0.2) is 48.3 Å². The van der Waals surface area contributed by atoms with Crippen molar-refractivity contribution in [1.29, 1.82) is 0 Å². The maximum atomic E-state index is 10.3. The normalized spacial score (nSPS) is 23.8. The third-order valence-corrected chi connectivity index (χ3v) is 3.42. The minimum atomic E-state index is -0.455. The van der Waals surface area contributed by atoms with Crippen molar-refractivity contribution in [2.75, 3.05) is 26.7 Å². The Kier molecular flexibility index (Phi) is 4.35. The molecule has 0 amide bonds. The van der Waals surface area contributed by atoms with Crippen molar-refractivity contribution in [2.45, 2.75) is 44.8 Å². The van der Waals surface area contributed by atoms with Gasteiger partial charge in [-0.05, 0) is 46.3 Å². The van der Waals surface area contributed by atoms with Gasteiger partial charge in [-0.25, -0.2) is 0 Å². The molecule has 1 fully saturated rings. The summed E-state index contributed by atoms with van der Waals surface area (Å²) in [6, 6.07) is 0.564. The second kappa shape index (κ2) is 5.10. The molecule has 1 rings (SSSR count). The van der Waals surface area contributed by atoms with Crippen molar-refractivity contribution in [1.82, 2.24) is 10.2 Å². The lowest BCUT2D eigenvalue weighted by atomic mass is 9.91. The number of piperidine rings is 1. The summed E-state index contributed by atoms with van der Waals surface area (Å²) in [6.07, 6.45) is 2.91. The van der Waals surface area contributed by atoms with Gasteiger partial charge in [-0.2, -0.15) is 0 Å². The number of aliphatic hydroxyl groups is 1. The first-order valence-electron chi connectivity index (χ1n) is 5.71. The molecule has 0 spiro atoms. The lowest BCUT2D eigenvalue weighted by Gasteiger charge is -2.37. The van der Waals surface area contributed by atoms with Crippen LogP contribution in [0.1, 0.15) is 33.1 Å². The maximum Gasteiger partial charge on any atom is 0.0798 e. The first-order valence-corrected chi connectivity index (χ1v) is 5.71. The number of rotatable bonds is 4. The molecule has 3 heteroatoms. The van der Waals surface area contributed by atoms with Gasteiger partial charge in [0.2, 0.25) is 0 Å². The number of likely N-dealkylation sites (N-methyl/N-ethyl adjacent to an activating group) is 1. The van der Waals surface area contributed by atoms with Gasteiger partial charge in [-0.15, -0.1) is 0 Å². The van der Waals surface area contributed by atoms with E-state index in [0.717, 1.165) is 38.9 Å². The average Bonchev–Trinajstić information content (AvgIpc) is 2.17. The van der Waals surface area contributed by atoms with Crippen LogP contribution in [-0.2, 0) is 0 Å². The van der Waals surface area contributed by atoms with Crippen LogP contribution >= 0.6 is 0 Å². The predicted molar refractivity (Wildman–Crippen MR) is 59.4 cm³/mol. The van der Waals surface area contributed by atoms with Crippen LogP contribution in [0.3, 0.4) is 0 Å². The molecule has 3 nitrogen and oxygen atoms in total. The molecule has 0 aromatic heterocycles. The van der Waals surface area contributed by atoms with Gasteiger partial charge in [-0.1, -0.05) is 6.92 Å². The molecule has 0 saturated carbocycles. The summed E-state index contributed by atoms with van der Waals surface area (Å²) >= 11 is 0. The van der Waals surface area contributed by atoms with Crippen molar-refractivity contribution >= 4 is 0 Å². The number of hydrogen-bond donors (Lipinski definition) is 2. The zero-order chi connectivity index (χ0) is 10.6. The van der Waals surface area contributed by atoms with Crippen LogP contribution in [0.4, 0.5) is 0 Å². The summed E-state index contributed by atoms with van der Waals surface area (Å²) < 4.78 is 0. The Morgan fingerprint density at radius 3 is 2.50 bits per heavy atom. The van der Waals surface area contributed by atoms with Crippen LogP contribution in [0.25, 0.3) is 0 Å². The molecule has 0 aliphatic carbocycles. The lowest BCUT2D eigenvalue weighted by molar-refractivity contribution is -0.0227. The smallest absolute Gasteiger partial charge is 0.0798 e. The predicted octanol–water partition coefficient (Wildman–Crippen LogP) is 0.831. The first kappa shape index (κ1) is 12.0. The van der Waals surface area contributed by atoms with Gasteiger partial charge in [0, 0.05) is 12.6 Å².